The van der Waals surface area contributed by atoms with Crippen molar-refractivity contribution in [2.75, 3.05) is 4.90 Å². The van der Waals surface area contributed by atoms with Crippen LogP contribution in [0.4, 0.5) is 5.69 Å². The number of rotatable bonds is 4. The van der Waals surface area contributed by atoms with Gasteiger partial charge in [0.25, 0.3) is 5.91 Å². The Labute approximate surface area is 163 Å². The molecule has 2 heterocycles. The number of carbonyl (C=O) groups is 2. The van der Waals surface area contributed by atoms with Crippen molar-refractivity contribution in [1.29, 1.82) is 0 Å². The summed E-state index contributed by atoms with van der Waals surface area (Å²) in [7, 11) is 0. The predicted octanol–water partition coefficient (Wildman–Crippen LogP) is 4.19. The van der Waals surface area contributed by atoms with Crippen molar-refractivity contribution in [2.24, 2.45) is 0 Å². The lowest BCUT2D eigenvalue weighted by molar-refractivity contribution is -0.153. The highest BCUT2D eigenvalue weighted by Gasteiger charge is 2.34. The first-order valence-electron chi connectivity index (χ1n) is 9.51. The maximum atomic E-state index is 12.9. The second kappa shape index (κ2) is 7.15. The second-order valence-corrected chi connectivity index (χ2v) is 7.46. The molecule has 144 valence electrons. The minimum atomic E-state index is -0.846. The van der Waals surface area contributed by atoms with Crippen molar-refractivity contribution in [3.05, 3.63) is 65.4 Å². The van der Waals surface area contributed by atoms with Crippen LogP contribution in [-0.4, -0.2) is 24.0 Å². The number of ether oxygens (including phenoxy) is 1. The van der Waals surface area contributed by atoms with Gasteiger partial charge in [-0.3, -0.25) is 9.59 Å². The molecule has 1 amide bonds. The average Bonchev–Trinajstić information content (AvgIpc) is 3.20. The zero-order valence-corrected chi connectivity index (χ0v) is 16.3. The fraction of sp³-hybridized carbons (Fsp3) is 0.304. The van der Waals surface area contributed by atoms with Crippen molar-refractivity contribution >= 4 is 28.5 Å². The lowest BCUT2D eigenvalue weighted by Gasteiger charge is -2.25. The van der Waals surface area contributed by atoms with Crippen molar-refractivity contribution in [2.45, 2.75) is 45.8 Å². The number of nitrogens with zero attached hydrogens (tertiary/aromatic N) is 1. The topological polar surface area (TPSA) is 59.8 Å². The van der Waals surface area contributed by atoms with Crippen LogP contribution >= 0.6 is 0 Å². The van der Waals surface area contributed by atoms with E-state index in [1.54, 1.807) is 18.1 Å². The molecule has 28 heavy (non-hydrogen) atoms. The van der Waals surface area contributed by atoms with Gasteiger partial charge in [0.1, 0.15) is 5.58 Å². The van der Waals surface area contributed by atoms with Crippen LogP contribution in [0.3, 0.4) is 0 Å². The molecular weight excluding hydrogens is 354 g/mol. The molecule has 0 saturated heterocycles. The molecule has 1 aliphatic heterocycles. The quantitative estimate of drug-likeness (QED) is 0.640. The summed E-state index contributed by atoms with van der Waals surface area (Å²) in [5, 5.41) is 0.892. The molecule has 5 nitrogen and oxygen atoms in total. The molecule has 4 rings (SSSR count). The first kappa shape index (κ1) is 18.3. The van der Waals surface area contributed by atoms with Crippen LogP contribution < -0.4 is 4.90 Å². The highest BCUT2D eigenvalue weighted by Crippen LogP contribution is 2.32. The first-order valence-corrected chi connectivity index (χ1v) is 9.51. The van der Waals surface area contributed by atoms with Gasteiger partial charge in [-0.1, -0.05) is 30.3 Å². The summed E-state index contributed by atoms with van der Waals surface area (Å²) in [6.07, 6.45) is 1.61. The van der Waals surface area contributed by atoms with Gasteiger partial charge in [0.2, 0.25) is 0 Å². The van der Waals surface area contributed by atoms with Gasteiger partial charge in [-0.05, 0) is 50.5 Å². The van der Waals surface area contributed by atoms with E-state index >= 15 is 0 Å². The van der Waals surface area contributed by atoms with Crippen LogP contribution in [0.15, 0.2) is 53.1 Å². The van der Waals surface area contributed by atoms with Gasteiger partial charge in [-0.15, -0.1) is 0 Å². The number of fused-ring (bicyclic) bond motifs is 2. The van der Waals surface area contributed by atoms with Crippen molar-refractivity contribution in [3.8, 4) is 0 Å². The fourth-order valence-electron chi connectivity index (χ4n) is 3.87. The number of para-hydroxylation sites is 1. The van der Waals surface area contributed by atoms with Crippen LogP contribution in [0, 0.1) is 6.92 Å². The van der Waals surface area contributed by atoms with Gasteiger partial charge < -0.3 is 14.1 Å². The van der Waals surface area contributed by atoms with Gasteiger partial charge >= 0.3 is 5.97 Å². The maximum Gasteiger partial charge on any atom is 0.311 e. The van der Waals surface area contributed by atoms with E-state index in [0.717, 1.165) is 39.8 Å². The van der Waals surface area contributed by atoms with E-state index in [1.165, 1.54) is 0 Å². The highest BCUT2D eigenvalue weighted by molar-refractivity contribution is 6.00. The molecule has 0 radical (unpaired) electrons. The van der Waals surface area contributed by atoms with Crippen LogP contribution in [0.5, 0.6) is 0 Å². The van der Waals surface area contributed by atoms with Gasteiger partial charge in [-0.2, -0.15) is 0 Å². The molecule has 0 N–H and O–H groups in total. The summed E-state index contributed by atoms with van der Waals surface area (Å²) >= 11 is 0. The second-order valence-electron chi connectivity index (χ2n) is 7.46. The number of benzene rings is 2. The van der Waals surface area contributed by atoms with Gasteiger partial charge in [0.05, 0.1) is 12.7 Å². The lowest BCUT2D eigenvalue weighted by atomic mass is 10.1. The van der Waals surface area contributed by atoms with E-state index in [2.05, 4.69) is 0 Å². The Hall–Kier alpha value is -3.08. The van der Waals surface area contributed by atoms with E-state index in [-0.39, 0.29) is 18.4 Å². The Kier molecular flexibility index (Phi) is 4.67. The summed E-state index contributed by atoms with van der Waals surface area (Å²) in [4.78, 5) is 27.1. The van der Waals surface area contributed by atoms with Crippen LogP contribution in [-0.2, 0) is 27.2 Å². The van der Waals surface area contributed by atoms with Crippen LogP contribution in [0.25, 0.3) is 11.0 Å². The van der Waals surface area contributed by atoms with Gasteiger partial charge in [-0.25, -0.2) is 0 Å². The largest absolute Gasteiger partial charge is 0.464 e. The number of hydrogen-bond donors (Lipinski definition) is 0. The normalized spacial score (nSPS) is 16.8. The SMILES string of the molecule is Cc1ccc2c(CC(=O)O[C@H](C)C(=O)N3c4ccccc4C[C@@H]3C)coc2c1. The third-order valence-electron chi connectivity index (χ3n) is 5.25. The third kappa shape index (κ3) is 3.28. The summed E-state index contributed by atoms with van der Waals surface area (Å²) in [5.74, 6) is -0.636. The summed E-state index contributed by atoms with van der Waals surface area (Å²) < 4.78 is 11.0. The van der Waals surface area contributed by atoms with E-state index in [1.807, 2.05) is 56.3 Å². The number of esters is 1. The number of anilines is 1. The number of furan rings is 1. The molecule has 0 unspecified atom stereocenters. The molecule has 2 atom stereocenters. The van der Waals surface area contributed by atoms with Gasteiger partial charge in [0, 0.05) is 22.7 Å². The summed E-state index contributed by atoms with van der Waals surface area (Å²) in [5.41, 5.74) is 4.64. The minimum absolute atomic E-state index is 0.0482. The summed E-state index contributed by atoms with van der Waals surface area (Å²) in [6, 6.07) is 13.8. The zero-order valence-electron chi connectivity index (χ0n) is 16.3. The molecule has 0 bridgehead atoms. The van der Waals surface area contributed by atoms with E-state index < -0.39 is 12.1 Å². The number of amides is 1. The number of hydrogen-bond acceptors (Lipinski definition) is 4. The lowest BCUT2D eigenvalue weighted by Crippen LogP contribution is -2.43. The Morgan fingerprint density at radius 3 is 2.86 bits per heavy atom. The Bertz CT molecular complexity index is 1050. The maximum absolute atomic E-state index is 12.9. The van der Waals surface area contributed by atoms with Crippen LogP contribution in [0.2, 0.25) is 0 Å². The summed E-state index contributed by atoms with van der Waals surface area (Å²) in [6.45, 7) is 5.62. The van der Waals surface area contributed by atoms with Crippen LogP contribution in [0.1, 0.15) is 30.5 Å². The van der Waals surface area contributed by atoms with E-state index in [0.29, 0.717) is 0 Å². The molecule has 5 heteroatoms. The zero-order chi connectivity index (χ0) is 19.8. The standard InChI is InChI=1S/C23H23NO4/c1-14-8-9-19-18(13-27-21(19)10-14)12-22(25)28-16(3)23(26)24-15(2)11-17-6-4-5-7-20(17)24/h4-10,13,15-16H,11-12H2,1-3H3/t15-,16+/m0/s1. The molecule has 0 fully saturated rings. The number of aryl methyl sites for hydroxylation is 1. The smallest absolute Gasteiger partial charge is 0.311 e. The van der Waals surface area contributed by atoms with E-state index in [4.69, 9.17) is 9.15 Å². The number of carbonyl (C=O) groups excluding carboxylic acids is 2. The molecular formula is C23H23NO4. The molecule has 0 saturated carbocycles. The Morgan fingerprint density at radius 2 is 2.04 bits per heavy atom. The molecule has 0 aliphatic carbocycles. The van der Waals surface area contributed by atoms with Gasteiger partial charge in [0.15, 0.2) is 6.10 Å². The molecule has 0 spiro atoms. The molecule has 1 aromatic heterocycles. The monoisotopic (exact) mass is 377 g/mol. The Morgan fingerprint density at radius 1 is 1.25 bits per heavy atom. The molecule has 1 aliphatic rings. The molecule has 3 aromatic rings. The average molecular weight is 377 g/mol. The van der Waals surface area contributed by atoms with E-state index in [9.17, 15) is 9.59 Å². The fourth-order valence-corrected chi connectivity index (χ4v) is 3.87. The highest BCUT2D eigenvalue weighted by atomic mass is 16.5. The molecule has 2 aromatic carbocycles. The van der Waals surface area contributed by atoms with Crippen molar-refractivity contribution in [1.82, 2.24) is 0 Å². The van der Waals surface area contributed by atoms with Crippen molar-refractivity contribution in [3.63, 3.8) is 0 Å². The minimum Gasteiger partial charge on any atom is -0.464 e. The first-order chi connectivity index (χ1) is 13.4. The third-order valence-corrected chi connectivity index (χ3v) is 5.25. The predicted molar refractivity (Wildman–Crippen MR) is 107 cm³/mol. The Balaban J connectivity index is 1.45. The van der Waals surface area contributed by atoms with Crippen molar-refractivity contribution < 1.29 is 18.7 Å².